The summed E-state index contributed by atoms with van der Waals surface area (Å²) >= 11 is 0. The van der Waals surface area contributed by atoms with Crippen LogP contribution in [0.5, 0.6) is 5.75 Å². The molecule has 1 aromatic heterocycles. The van der Waals surface area contributed by atoms with E-state index in [2.05, 4.69) is 4.98 Å². The van der Waals surface area contributed by atoms with Crippen LogP contribution in [0.3, 0.4) is 0 Å². The Balaban J connectivity index is 1.33. The molecular weight excluding hydrogens is 449 g/mol. The molecule has 35 heavy (non-hydrogen) atoms. The van der Waals surface area contributed by atoms with Crippen LogP contribution in [0, 0.1) is 5.82 Å². The van der Waals surface area contributed by atoms with Crippen molar-refractivity contribution in [2.24, 2.45) is 0 Å². The van der Waals surface area contributed by atoms with Crippen LogP contribution in [0.1, 0.15) is 28.8 Å². The molecule has 3 aromatic carbocycles. The van der Waals surface area contributed by atoms with Gasteiger partial charge in [-0.2, -0.15) is 0 Å². The molecule has 0 radical (unpaired) electrons. The molecule has 0 unspecified atom stereocenters. The van der Waals surface area contributed by atoms with E-state index in [4.69, 9.17) is 4.74 Å². The largest absolute Gasteiger partial charge is 0.490 e. The molecule has 2 heterocycles. The highest BCUT2D eigenvalue weighted by atomic mass is 19.1. The summed E-state index contributed by atoms with van der Waals surface area (Å²) in [6.45, 7) is 1.01. The summed E-state index contributed by atoms with van der Waals surface area (Å²) in [5.41, 5.74) is -0.00939. The number of carbonyl (C=O) groups excluding carboxylic acids is 1. The van der Waals surface area contributed by atoms with E-state index in [1.54, 1.807) is 35.2 Å². The number of para-hydroxylation sites is 2. The molecule has 1 saturated heterocycles. The number of ether oxygens (including phenoxy) is 1. The molecule has 7 nitrogen and oxygen atoms in total. The zero-order chi connectivity index (χ0) is 24.4. The second-order valence-electron chi connectivity index (χ2n) is 8.60. The molecule has 8 heteroatoms. The normalized spacial score (nSPS) is 14.3. The fourth-order valence-electron chi connectivity index (χ4n) is 4.46. The first-order chi connectivity index (χ1) is 17.0. The number of benzene rings is 3. The highest BCUT2D eigenvalue weighted by Gasteiger charge is 2.26. The average molecular weight is 474 g/mol. The number of fused-ring (bicyclic) bond motifs is 1. The van der Waals surface area contributed by atoms with Gasteiger partial charge in [0.05, 0.1) is 23.0 Å². The van der Waals surface area contributed by atoms with E-state index in [0.29, 0.717) is 42.4 Å². The van der Waals surface area contributed by atoms with Crippen LogP contribution in [-0.2, 0) is 6.54 Å². The molecule has 0 bridgehead atoms. The number of hydrogen-bond acceptors (Lipinski definition) is 4. The molecule has 1 N–H and O–H groups in total. The Kier molecular flexibility index (Phi) is 6.18. The lowest BCUT2D eigenvalue weighted by Crippen LogP contribution is -2.42. The maximum Gasteiger partial charge on any atom is 0.329 e. The number of carbonyl (C=O) groups is 1. The molecule has 5 rings (SSSR count). The maximum atomic E-state index is 14.7. The Hall–Kier alpha value is -4.20. The van der Waals surface area contributed by atoms with Gasteiger partial charge in [-0.25, -0.2) is 9.18 Å². The average Bonchev–Trinajstić information content (AvgIpc) is 2.88. The van der Waals surface area contributed by atoms with E-state index in [0.717, 1.165) is 5.75 Å². The van der Waals surface area contributed by atoms with Crippen LogP contribution in [0.15, 0.2) is 82.4 Å². The number of aromatic nitrogens is 2. The second-order valence-corrected chi connectivity index (χ2v) is 8.60. The standard InChI is InChI=1S/C27H24FN3O4/c28-23-11-10-18(17-31-24-9-5-4-8-21(24)25(32)29-27(31)34)16-22(23)26(33)30-14-12-20(13-15-30)35-19-6-2-1-3-7-19/h1-11,16,20H,12-15,17H2,(H,29,32,34). The molecular formula is C27H24FN3O4. The zero-order valence-electron chi connectivity index (χ0n) is 18.9. The monoisotopic (exact) mass is 473 g/mol. The fraction of sp³-hybridized carbons (Fsp3) is 0.222. The van der Waals surface area contributed by atoms with Crippen molar-refractivity contribution in [2.75, 3.05) is 13.1 Å². The summed E-state index contributed by atoms with van der Waals surface area (Å²) in [5, 5.41) is 0.381. The summed E-state index contributed by atoms with van der Waals surface area (Å²) in [5.74, 6) is -0.206. The highest BCUT2D eigenvalue weighted by molar-refractivity contribution is 5.94. The fourth-order valence-corrected chi connectivity index (χ4v) is 4.46. The predicted molar refractivity (Wildman–Crippen MR) is 130 cm³/mol. The summed E-state index contributed by atoms with van der Waals surface area (Å²) in [6, 6.07) is 20.6. The van der Waals surface area contributed by atoms with Gasteiger partial charge < -0.3 is 9.64 Å². The van der Waals surface area contributed by atoms with Gasteiger partial charge >= 0.3 is 5.69 Å². The van der Waals surface area contributed by atoms with Crippen LogP contribution in [0.25, 0.3) is 10.9 Å². The maximum absolute atomic E-state index is 14.7. The van der Waals surface area contributed by atoms with E-state index < -0.39 is 17.1 Å². The summed E-state index contributed by atoms with van der Waals surface area (Å²) in [7, 11) is 0. The Morgan fingerprint density at radius 1 is 0.971 bits per heavy atom. The van der Waals surface area contributed by atoms with Crippen molar-refractivity contribution in [1.29, 1.82) is 0 Å². The van der Waals surface area contributed by atoms with Gasteiger partial charge in [0.1, 0.15) is 17.7 Å². The van der Waals surface area contributed by atoms with Crippen LogP contribution in [-0.4, -0.2) is 39.6 Å². The first kappa shape index (κ1) is 22.6. The Bertz CT molecular complexity index is 1490. The third-order valence-electron chi connectivity index (χ3n) is 6.28. The minimum atomic E-state index is -0.611. The quantitative estimate of drug-likeness (QED) is 0.480. The molecule has 0 atom stereocenters. The minimum absolute atomic E-state index is 0.00183. The number of amides is 1. The molecule has 1 aliphatic heterocycles. The predicted octanol–water partition coefficient (Wildman–Crippen LogP) is 3.56. The molecule has 1 fully saturated rings. The SMILES string of the molecule is O=C(c1cc(Cn2c(=O)[nH]c(=O)c3ccccc32)ccc1F)N1CCC(Oc2ccccc2)CC1. The van der Waals surface area contributed by atoms with E-state index in [-0.39, 0.29) is 24.1 Å². The van der Waals surface area contributed by atoms with Crippen molar-refractivity contribution in [3.63, 3.8) is 0 Å². The lowest BCUT2D eigenvalue weighted by molar-refractivity contribution is 0.0591. The van der Waals surface area contributed by atoms with Crippen molar-refractivity contribution in [3.8, 4) is 5.75 Å². The topological polar surface area (TPSA) is 84.4 Å². The number of nitrogens with one attached hydrogen (secondary N) is 1. The number of nitrogens with zero attached hydrogens (tertiary/aromatic N) is 2. The number of halogens is 1. The number of likely N-dealkylation sites (tertiary alicyclic amines) is 1. The van der Waals surface area contributed by atoms with Gasteiger partial charge in [-0.15, -0.1) is 0 Å². The number of piperidine rings is 1. The molecule has 0 aliphatic carbocycles. The molecule has 178 valence electrons. The smallest absolute Gasteiger partial charge is 0.329 e. The molecule has 0 saturated carbocycles. The molecule has 1 amide bonds. The molecule has 4 aromatic rings. The van der Waals surface area contributed by atoms with Crippen LogP contribution in [0.2, 0.25) is 0 Å². The third-order valence-corrected chi connectivity index (χ3v) is 6.28. The van der Waals surface area contributed by atoms with Gasteiger partial charge in [0.15, 0.2) is 0 Å². The van der Waals surface area contributed by atoms with E-state index in [1.165, 1.54) is 16.7 Å². The Labute approximate surface area is 200 Å². The van der Waals surface area contributed by atoms with E-state index in [9.17, 15) is 18.8 Å². The highest BCUT2D eigenvalue weighted by Crippen LogP contribution is 2.22. The minimum Gasteiger partial charge on any atom is -0.490 e. The van der Waals surface area contributed by atoms with Gasteiger partial charge in [-0.1, -0.05) is 36.4 Å². The lowest BCUT2D eigenvalue weighted by Gasteiger charge is -2.32. The third kappa shape index (κ3) is 4.73. The number of H-pyrrole nitrogens is 1. The van der Waals surface area contributed by atoms with Crippen molar-refractivity contribution in [3.05, 3.63) is 111 Å². The van der Waals surface area contributed by atoms with Gasteiger partial charge in [0.25, 0.3) is 11.5 Å². The molecule has 0 spiro atoms. The van der Waals surface area contributed by atoms with Crippen molar-refractivity contribution in [1.82, 2.24) is 14.5 Å². The van der Waals surface area contributed by atoms with E-state index in [1.807, 2.05) is 30.3 Å². The number of aromatic amines is 1. The lowest BCUT2D eigenvalue weighted by atomic mass is 10.0. The Morgan fingerprint density at radius 3 is 2.46 bits per heavy atom. The van der Waals surface area contributed by atoms with Gasteiger partial charge in [-0.3, -0.25) is 19.1 Å². The number of rotatable bonds is 5. The van der Waals surface area contributed by atoms with Crippen LogP contribution in [0.4, 0.5) is 4.39 Å². The first-order valence-corrected chi connectivity index (χ1v) is 11.5. The number of hydrogen-bond donors (Lipinski definition) is 1. The first-order valence-electron chi connectivity index (χ1n) is 11.5. The van der Waals surface area contributed by atoms with Crippen LogP contribution >= 0.6 is 0 Å². The van der Waals surface area contributed by atoms with Gasteiger partial charge in [0.2, 0.25) is 0 Å². The second kappa shape index (κ2) is 9.58. The summed E-state index contributed by atoms with van der Waals surface area (Å²) < 4.78 is 22.1. The molecule has 1 aliphatic rings. The van der Waals surface area contributed by atoms with Crippen LogP contribution < -0.4 is 16.0 Å². The summed E-state index contributed by atoms with van der Waals surface area (Å²) in [6.07, 6.45) is 1.31. The summed E-state index contributed by atoms with van der Waals surface area (Å²) in [4.78, 5) is 41.7. The van der Waals surface area contributed by atoms with Crippen molar-refractivity contribution in [2.45, 2.75) is 25.5 Å². The van der Waals surface area contributed by atoms with Gasteiger partial charge in [0, 0.05) is 25.9 Å². The Morgan fingerprint density at radius 2 is 1.69 bits per heavy atom. The van der Waals surface area contributed by atoms with Crippen molar-refractivity contribution >= 4 is 16.8 Å². The van der Waals surface area contributed by atoms with Gasteiger partial charge in [-0.05, 0) is 42.0 Å². The van der Waals surface area contributed by atoms with E-state index >= 15 is 0 Å². The van der Waals surface area contributed by atoms with Crippen molar-refractivity contribution < 1.29 is 13.9 Å². The zero-order valence-corrected chi connectivity index (χ0v) is 18.9.